The minimum Gasteiger partial charge on any atom is -0.439 e. The van der Waals surface area contributed by atoms with Crippen molar-refractivity contribution in [1.82, 2.24) is 4.98 Å². The fourth-order valence-corrected chi connectivity index (χ4v) is 1.60. The van der Waals surface area contributed by atoms with Crippen molar-refractivity contribution in [1.29, 1.82) is 0 Å². The Morgan fingerprint density at radius 1 is 1.17 bits per heavy atom. The van der Waals surface area contributed by atoms with Gasteiger partial charge in [-0.3, -0.25) is 0 Å². The highest BCUT2D eigenvalue weighted by Crippen LogP contribution is 2.24. The maximum absolute atomic E-state index is 8.99. The highest BCUT2D eigenvalue weighted by atomic mass is 16.5. The Hall–Kier alpha value is -2.11. The molecule has 0 saturated carbocycles. The van der Waals surface area contributed by atoms with Crippen LogP contribution < -0.4 is 16.0 Å². The lowest BCUT2D eigenvalue weighted by atomic mass is 10.1. The van der Waals surface area contributed by atoms with Gasteiger partial charge in [0.05, 0.1) is 0 Å². The highest BCUT2D eigenvalue weighted by molar-refractivity contribution is 5.39. The Balaban J connectivity index is 2.22. The van der Waals surface area contributed by atoms with Crippen LogP contribution in [0.5, 0.6) is 11.6 Å². The zero-order valence-corrected chi connectivity index (χ0v) is 9.84. The van der Waals surface area contributed by atoms with Crippen molar-refractivity contribution in [2.24, 2.45) is 5.84 Å². The summed E-state index contributed by atoms with van der Waals surface area (Å²) in [6, 6.07) is 12.8. The lowest BCUT2D eigenvalue weighted by Gasteiger charge is -2.10. The van der Waals surface area contributed by atoms with Gasteiger partial charge < -0.3 is 15.3 Å². The molecule has 18 heavy (non-hydrogen) atoms. The molecule has 0 saturated heterocycles. The van der Waals surface area contributed by atoms with Gasteiger partial charge in [-0.2, -0.15) is 4.98 Å². The number of nitrogens with zero attached hydrogens (tertiary/aromatic N) is 1. The van der Waals surface area contributed by atoms with E-state index in [4.69, 9.17) is 15.7 Å². The predicted molar refractivity (Wildman–Crippen MR) is 69.4 cm³/mol. The summed E-state index contributed by atoms with van der Waals surface area (Å²) in [4.78, 5) is 4.17. The number of aromatic nitrogens is 1. The molecule has 2 aromatic rings. The summed E-state index contributed by atoms with van der Waals surface area (Å²) in [5.74, 6) is 6.97. The molecule has 4 N–H and O–H groups in total. The summed E-state index contributed by atoms with van der Waals surface area (Å²) < 4.78 is 5.69. The van der Waals surface area contributed by atoms with Gasteiger partial charge in [0.25, 0.3) is 0 Å². The van der Waals surface area contributed by atoms with Crippen molar-refractivity contribution >= 4 is 5.82 Å². The quantitative estimate of drug-likeness (QED) is 0.552. The molecule has 0 aliphatic heterocycles. The van der Waals surface area contributed by atoms with Gasteiger partial charge in [0.1, 0.15) is 11.6 Å². The van der Waals surface area contributed by atoms with E-state index in [2.05, 4.69) is 10.4 Å². The molecular weight excluding hydrogens is 230 g/mol. The number of nitrogen functional groups attached to an aromatic ring is 1. The molecular formula is C13H15N3O2. The van der Waals surface area contributed by atoms with Crippen LogP contribution in [0.1, 0.15) is 5.56 Å². The molecule has 2 rings (SSSR count). The van der Waals surface area contributed by atoms with E-state index in [0.29, 0.717) is 23.9 Å². The van der Waals surface area contributed by atoms with Crippen LogP contribution in [0.25, 0.3) is 0 Å². The molecule has 94 valence electrons. The molecule has 0 radical (unpaired) electrons. The van der Waals surface area contributed by atoms with Gasteiger partial charge in [-0.15, -0.1) is 0 Å². The molecule has 0 atom stereocenters. The molecule has 0 amide bonds. The number of benzene rings is 1. The number of para-hydroxylation sites is 1. The first-order chi connectivity index (χ1) is 8.83. The number of hydrogen-bond acceptors (Lipinski definition) is 5. The standard InChI is InChI=1S/C13H15N3O2/c14-16-12-6-3-7-13(15-12)18-11-5-2-1-4-10(11)8-9-17/h1-7,17H,8-9,14H2,(H,15,16). The lowest BCUT2D eigenvalue weighted by molar-refractivity contribution is 0.297. The molecule has 1 aromatic carbocycles. The van der Waals surface area contributed by atoms with Crippen molar-refractivity contribution in [2.45, 2.75) is 6.42 Å². The van der Waals surface area contributed by atoms with Crippen LogP contribution in [0.15, 0.2) is 42.5 Å². The van der Waals surface area contributed by atoms with Crippen molar-refractivity contribution in [3.05, 3.63) is 48.0 Å². The first-order valence-electron chi connectivity index (χ1n) is 5.64. The number of pyridine rings is 1. The van der Waals surface area contributed by atoms with Crippen LogP contribution in [0.3, 0.4) is 0 Å². The summed E-state index contributed by atoms with van der Waals surface area (Å²) in [6.45, 7) is 0.0815. The van der Waals surface area contributed by atoms with Crippen molar-refractivity contribution < 1.29 is 9.84 Å². The Kier molecular flexibility index (Phi) is 4.11. The molecule has 0 aliphatic carbocycles. The summed E-state index contributed by atoms with van der Waals surface area (Å²) in [7, 11) is 0. The fraction of sp³-hybridized carbons (Fsp3) is 0.154. The van der Waals surface area contributed by atoms with E-state index in [0.717, 1.165) is 5.56 Å². The number of aliphatic hydroxyl groups excluding tert-OH is 1. The number of nitrogens with two attached hydrogens (primary N) is 1. The Morgan fingerprint density at radius 3 is 2.78 bits per heavy atom. The second-order valence-corrected chi connectivity index (χ2v) is 3.69. The molecule has 0 aliphatic rings. The van der Waals surface area contributed by atoms with Crippen LogP contribution >= 0.6 is 0 Å². The van der Waals surface area contributed by atoms with Crippen LogP contribution in [-0.2, 0) is 6.42 Å². The smallest absolute Gasteiger partial charge is 0.221 e. The summed E-state index contributed by atoms with van der Waals surface area (Å²) in [6.07, 6.45) is 0.547. The SMILES string of the molecule is NNc1cccc(Oc2ccccc2CCO)n1. The molecule has 5 nitrogen and oxygen atoms in total. The molecule has 1 heterocycles. The largest absolute Gasteiger partial charge is 0.439 e. The summed E-state index contributed by atoms with van der Waals surface area (Å²) in [5.41, 5.74) is 3.40. The normalized spacial score (nSPS) is 10.1. The second-order valence-electron chi connectivity index (χ2n) is 3.69. The number of aliphatic hydroxyl groups is 1. The van der Waals surface area contributed by atoms with Gasteiger partial charge >= 0.3 is 0 Å². The molecule has 0 spiro atoms. The van der Waals surface area contributed by atoms with E-state index in [-0.39, 0.29) is 6.61 Å². The average molecular weight is 245 g/mol. The van der Waals surface area contributed by atoms with E-state index >= 15 is 0 Å². The fourth-order valence-electron chi connectivity index (χ4n) is 1.60. The number of rotatable bonds is 5. The highest BCUT2D eigenvalue weighted by Gasteiger charge is 2.05. The van der Waals surface area contributed by atoms with Gasteiger partial charge in [-0.1, -0.05) is 24.3 Å². The number of ether oxygens (including phenoxy) is 1. The minimum atomic E-state index is 0.0815. The van der Waals surface area contributed by atoms with Gasteiger partial charge in [0, 0.05) is 12.7 Å². The first-order valence-corrected chi connectivity index (χ1v) is 5.64. The maximum atomic E-state index is 8.99. The van der Waals surface area contributed by atoms with Crippen LogP contribution in [0.4, 0.5) is 5.82 Å². The Morgan fingerprint density at radius 2 is 2.00 bits per heavy atom. The van der Waals surface area contributed by atoms with E-state index in [1.165, 1.54) is 0 Å². The topological polar surface area (TPSA) is 80.4 Å². The van der Waals surface area contributed by atoms with Crippen LogP contribution in [0, 0.1) is 0 Å². The molecule has 0 unspecified atom stereocenters. The van der Waals surface area contributed by atoms with E-state index < -0.39 is 0 Å². The van der Waals surface area contributed by atoms with E-state index in [1.54, 1.807) is 18.2 Å². The first kappa shape index (κ1) is 12.3. The van der Waals surface area contributed by atoms with Gasteiger partial charge in [0.2, 0.25) is 5.88 Å². The number of nitrogens with one attached hydrogen (secondary N) is 1. The minimum absolute atomic E-state index is 0.0815. The molecule has 0 bridgehead atoms. The van der Waals surface area contributed by atoms with Crippen LogP contribution in [-0.4, -0.2) is 16.7 Å². The van der Waals surface area contributed by atoms with E-state index in [1.807, 2.05) is 24.3 Å². The second kappa shape index (κ2) is 6.00. The van der Waals surface area contributed by atoms with Crippen molar-refractivity contribution in [2.75, 3.05) is 12.0 Å². The molecule has 0 fully saturated rings. The maximum Gasteiger partial charge on any atom is 0.221 e. The third-order valence-corrected chi connectivity index (χ3v) is 2.44. The molecule has 1 aromatic heterocycles. The van der Waals surface area contributed by atoms with Crippen LogP contribution in [0.2, 0.25) is 0 Å². The Bertz CT molecular complexity index is 517. The Labute approximate surface area is 105 Å². The number of anilines is 1. The number of hydrazine groups is 1. The average Bonchev–Trinajstić information content (AvgIpc) is 2.41. The summed E-state index contributed by atoms with van der Waals surface area (Å²) >= 11 is 0. The predicted octanol–water partition coefficient (Wildman–Crippen LogP) is 1.69. The zero-order chi connectivity index (χ0) is 12.8. The van der Waals surface area contributed by atoms with Gasteiger partial charge in [0.15, 0.2) is 0 Å². The third-order valence-electron chi connectivity index (χ3n) is 2.44. The van der Waals surface area contributed by atoms with Gasteiger partial charge in [-0.25, -0.2) is 5.84 Å². The van der Waals surface area contributed by atoms with Gasteiger partial charge in [-0.05, 0) is 24.1 Å². The zero-order valence-electron chi connectivity index (χ0n) is 9.84. The van der Waals surface area contributed by atoms with Crippen molar-refractivity contribution in [3.63, 3.8) is 0 Å². The molecule has 5 heteroatoms. The number of hydrogen-bond donors (Lipinski definition) is 3. The third kappa shape index (κ3) is 2.97. The lowest BCUT2D eigenvalue weighted by Crippen LogP contribution is -2.08. The van der Waals surface area contributed by atoms with Crippen molar-refractivity contribution in [3.8, 4) is 11.6 Å². The summed E-state index contributed by atoms with van der Waals surface area (Å²) in [5, 5.41) is 8.99. The monoisotopic (exact) mass is 245 g/mol. The van der Waals surface area contributed by atoms with E-state index in [9.17, 15) is 0 Å².